The van der Waals surface area contributed by atoms with Crippen LogP contribution in [0.15, 0.2) is 0 Å². The van der Waals surface area contributed by atoms with Crippen LogP contribution < -0.4 is 0 Å². The molecule has 0 saturated carbocycles. The van der Waals surface area contributed by atoms with Gasteiger partial charge in [0.05, 0.1) is 6.42 Å². The van der Waals surface area contributed by atoms with Gasteiger partial charge in [0.25, 0.3) is 0 Å². The van der Waals surface area contributed by atoms with E-state index in [0.29, 0.717) is 3.92 Å². The van der Waals surface area contributed by atoms with Crippen molar-refractivity contribution >= 4 is 28.6 Å². The smallest absolute Gasteiger partial charge is 0.304 e. The van der Waals surface area contributed by atoms with Crippen LogP contribution in [-0.2, 0) is 4.79 Å². The van der Waals surface area contributed by atoms with Crippen molar-refractivity contribution in [1.29, 1.82) is 0 Å². The van der Waals surface area contributed by atoms with Crippen LogP contribution in [0.1, 0.15) is 19.8 Å². The molecule has 1 atom stereocenters. The van der Waals surface area contributed by atoms with Gasteiger partial charge in [-0.05, 0) is 6.42 Å². The molecule has 0 aliphatic rings. The van der Waals surface area contributed by atoms with Gasteiger partial charge >= 0.3 is 5.97 Å². The fourth-order valence-electron chi connectivity index (χ4n) is 0.334. The number of rotatable bonds is 3. The molecule has 0 aromatic heterocycles. The third-order valence-corrected chi connectivity index (χ3v) is 2.16. The number of carboxylic acid groups (broad SMARTS) is 1. The summed E-state index contributed by atoms with van der Waals surface area (Å²) in [5.74, 6) is -0.703. The van der Waals surface area contributed by atoms with E-state index >= 15 is 0 Å². The minimum Gasteiger partial charge on any atom is -0.481 e. The Labute approximate surface area is 62.4 Å². The minimum absolute atomic E-state index is 0.289. The van der Waals surface area contributed by atoms with Crippen LogP contribution in [0.4, 0.5) is 0 Å². The van der Waals surface area contributed by atoms with Gasteiger partial charge in [0.1, 0.15) is 0 Å². The maximum atomic E-state index is 9.96. The van der Waals surface area contributed by atoms with Crippen molar-refractivity contribution in [2.24, 2.45) is 0 Å². The molecule has 1 N–H and O–H groups in total. The van der Waals surface area contributed by atoms with Crippen molar-refractivity contribution in [3.05, 3.63) is 0 Å². The van der Waals surface area contributed by atoms with E-state index in [2.05, 4.69) is 22.6 Å². The lowest BCUT2D eigenvalue weighted by atomic mass is 10.3. The summed E-state index contributed by atoms with van der Waals surface area (Å²) in [7, 11) is 0. The highest BCUT2D eigenvalue weighted by molar-refractivity contribution is 14.1. The number of carboxylic acids is 1. The summed E-state index contributed by atoms with van der Waals surface area (Å²) in [4.78, 5) is 9.96. The van der Waals surface area contributed by atoms with Gasteiger partial charge in [0.2, 0.25) is 0 Å². The minimum atomic E-state index is -0.703. The first-order valence-corrected chi connectivity index (χ1v) is 3.77. The highest BCUT2D eigenvalue weighted by atomic mass is 127. The Balaban J connectivity index is 3.24. The van der Waals surface area contributed by atoms with E-state index in [9.17, 15) is 4.79 Å². The van der Waals surface area contributed by atoms with Crippen LogP contribution in [0.5, 0.6) is 0 Å². The maximum absolute atomic E-state index is 9.96. The molecule has 0 heterocycles. The fraction of sp³-hybridized carbons (Fsp3) is 0.800. The lowest BCUT2D eigenvalue weighted by Crippen LogP contribution is -2.04. The molecule has 0 amide bonds. The molecule has 0 radical (unpaired) electrons. The van der Waals surface area contributed by atoms with Crippen LogP contribution >= 0.6 is 22.6 Å². The summed E-state index contributed by atoms with van der Waals surface area (Å²) < 4.78 is 0.296. The number of hydrogen-bond acceptors (Lipinski definition) is 1. The van der Waals surface area contributed by atoms with E-state index in [1.54, 1.807) is 0 Å². The number of hydrogen-bond donors (Lipinski definition) is 1. The van der Waals surface area contributed by atoms with Gasteiger partial charge in [-0.2, -0.15) is 0 Å². The van der Waals surface area contributed by atoms with E-state index in [4.69, 9.17) is 5.11 Å². The van der Waals surface area contributed by atoms with Crippen LogP contribution in [-0.4, -0.2) is 15.0 Å². The topological polar surface area (TPSA) is 37.3 Å². The molecule has 3 heteroatoms. The van der Waals surface area contributed by atoms with E-state index < -0.39 is 5.97 Å². The summed E-state index contributed by atoms with van der Waals surface area (Å²) in [6.45, 7) is 1.99. The first kappa shape index (κ1) is 8.20. The second kappa shape index (κ2) is 4.12. The summed E-state index contributed by atoms with van der Waals surface area (Å²) in [5, 5.41) is 8.21. The van der Waals surface area contributed by atoms with Gasteiger partial charge in [-0.3, -0.25) is 4.79 Å². The number of halogens is 1. The molecule has 0 rings (SSSR count). The highest BCUT2D eigenvalue weighted by Gasteiger charge is 2.04. The quantitative estimate of drug-likeness (QED) is 0.589. The molecule has 0 aliphatic heterocycles. The molecule has 0 aliphatic carbocycles. The van der Waals surface area contributed by atoms with E-state index in [1.165, 1.54) is 0 Å². The largest absolute Gasteiger partial charge is 0.481 e. The monoisotopic (exact) mass is 228 g/mol. The SMILES string of the molecule is CCC(I)CC(=O)O. The maximum Gasteiger partial charge on any atom is 0.304 e. The van der Waals surface area contributed by atoms with Crippen LogP contribution in [0.2, 0.25) is 0 Å². The third kappa shape index (κ3) is 4.36. The van der Waals surface area contributed by atoms with Gasteiger partial charge in [0, 0.05) is 3.92 Å². The van der Waals surface area contributed by atoms with E-state index in [-0.39, 0.29) is 6.42 Å². The van der Waals surface area contributed by atoms with Gasteiger partial charge in [-0.25, -0.2) is 0 Å². The van der Waals surface area contributed by atoms with Gasteiger partial charge in [-0.15, -0.1) is 0 Å². The van der Waals surface area contributed by atoms with Crippen molar-refractivity contribution in [3.8, 4) is 0 Å². The summed E-state index contributed by atoms with van der Waals surface area (Å²) in [6, 6.07) is 0. The zero-order valence-corrected chi connectivity index (χ0v) is 6.88. The molecule has 2 nitrogen and oxygen atoms in total. The standard InChI is InChI=1S/C5H9IO2/c1-2-4(6)3-5(7)8/h4H,2-3H2,1H3,(H,7,8). The first-order chi connectivity index (χ1) is 3.66. The van der Waals surface area contributed by atoms with E-state index in [1.807, 2.05) is 6.92 Å². The predicted octanol–water partition coefficient (Wildman–Crippen LogP) is 1.67. The average molecular weight is 228 g/mol. The van der Waals surface area contributed by atoms with Gasteiger partial charge in [0.15, 0.2) is 0 Å². The summed E-state index contributed by atoms with van der Waals surface area (Å²) >= 11 is 2.14. The fourth-order valence-corrected chi connectivity index (χ4v) is 0.711. The molecule has 48 valence electrons. The summed E-state index contributed by atoms with van der Waals surface area (Å²) in [6.07, 6.45) is 1.23. The Bertz CT molecular complexity index is 82.5. The second-order valence-electron chi connectivity index (χ2n) is 1.60. The number of aliphatic carboxylic acids is 1. The highest BCUT2D eigenvalue weighted by Crippen LogP contribution is 2.08. The molecule has 0 saturated heterocycles. The van der Waals surface area contributed by atoms with Crippen molar-refractivity contribution in [1.82, 2.24) is 0 Å². The Kier molecular flexibility index (Phi) is 4.22. The lowest BCUT2D eigenvalue weighted by Gasteiger charge is -1.98. The second-order valence-corrected chi connectivity index (χ2v) is 3.36. The van der Waals surface area contributed by atoms with Crippen molar-refractivity contribution < 1.29 is 9.90 Å². The normalized spacial score (nSPS) is 13.2. The molecule has 1 unspecified atom stereocenters. The number of carbonyl (C=O) groups is 1. The lowest BCUT2D eigenvalue weighted by molar-refractivity contribution is -0.136. The van der Waals surface area contributed by atoms with Crippen LogP contribution in [0, 0.1) is 0 Å². The van der Waals surface area contributed by atoms with Gasteiger partial charge in [-0.1, -0.05) is 29.5 Å². The van der Waals surface area contributed by atoms with Crippen molar-refractivity contribution in [3.63, 3.8) is 0 Å². The zero-order chi connectivity index (χ0) is 6.57. The molecular formula is C5H9IO2. The Morgan fingerprint density at radius 3 is 2.50 bits per heavy atom. The Hall–Kier alpha value is 0.200. The third-order valence-electron chi connectivity index (χ3n) is 0.839. The average Bonchev–Trinajstić information content (AvgIpc) is 1.65. The molecule has 0 spiro atoms. The molecule has 0 bridgehead atoms. The predicted molar refractivity (Wildman–Crippen MR) is 40.4 cm³/mol. The molecule has 8 heavy (non-hydrogen) atoms. The zero-order valence-electron chi connectivity index (χ0n) is 4.72. The number of alkyl halides is 1. The van der Waals surface area contributed by atoms with Gasteiger partial charge < -0.3 is 5.11 Å². The molecule has 0 fully saturated rings. The summed E-state index contributed by atoms with van der Waals surface area (Å²) in [5.41, 5.74) is 0. The Morgan fingerprint density at radius 1 is 1.88 bits per heavy atom. The molecule has 0 aromatic rings. The van der Waals surface area contributed by atoms with E-state index in [0.717, 1.165) is 6.42 Å². The Morgan fingerprint density at radius 2 is 2.38 bits per heavy atom. The molecule has 0 aromatic carbocycles. The molecular weight excluding hydrogens is 219 g/mol. The first-order valence-electron chi connectivity index (χ1n) is 2.52. The van der Waals surface area contributed by atoms with Crippen LogP contribution in [0.3, 0.4) is 0 Å². The van der Waals surface area contributed by atoms with Crippen molar-refractivity contribution in [2.75, 3.05) is 0 Å². The van der Waals surface area contributed by atoms with Crippen molar-refractivity contribution in [2.45, 2.75) is 23.7 Å². The van der Waals surface area contributed by atoms with Crippen LogP contribution in [0.25, 0.3) is 0 Å².